The lowest BCUT2D eigenvalue weighted by Crippen LogP contribution is -2.44. The molecule has 26 heavy (non-hydrogen) atoms. The number of rotatable bonds is 6. The summed E-state index contributed by atoms with van der Waals surface area (Å²) in [5, 5.41) is 3.59. The summed E-state index contributed by atoms with van der Waals surface area (Å²) in [5.74, 6) is 2.97. The molecule has 9 heteroatoms. The molecule has 2 heterocycles. The Kier molecular flexibility index (Phi) is 5.67. The van der Waals surface area contributed by atoms with Gasteiger partial charge in [-0.15, -0.1) is 11.8 Å². The van der Waals surface area contributed by atoms with Crippen molar-refractivity contribution >= 4 is 28.6 Å². The lowest BCUT2D eigenvalue weighted by molar-refractivity contribution is -0.133. The van der Waals surface area contributed by atoms with Crippen LogP contribution in [-0.4, -0.2) is 59.2 Å². The van der Waals surface area contributed by atoms with Gasteiger partial charge >= 0.3 is 0 Å². The summed E-state index contributed by atoms with van der Waals surface area (Å²) in [6, 6.07) is 3.09. The molecule has 0 aliphatic carbocycles. The molecule has 0 bridgehead atoms. The Morgan fingerprint density at radius 2 is 2.08 bits per heavy atom. The molecule has 8 nitrogen and oxygen atoms in total. The molecule has 2 aromatic rings. The average Bonchev–Trinajstić information content (AvgIpc) is 3.19. The van der Waals surface area contributed by atoms with Gasteiger partial charge in [0, 0.05) is 24.2 Å². The molecule has 1 aliphatic heterocycles. The molecule has 1 saturated heterocycles. The zero-order valence-corrected chi connectivity index (χ0v) is 15.8. The SMILES string of the molecule is CCN(Cc1nc2cc(OC)c(OC)cc2c(=O)[nH]1)C(=O)[C@H]1CSCN1. The Morgan fingerprint density at radius 1 is 1.35 bits per heavy atom. The van der Waals surface area contributed by atoms with Crippen molar-refractivity contribution in [3.05, 3.63) is 28.3 Å². The summed E-state index contributed by atoms with van der Waals surface area (Å²) in [4.78, 5) is 34.0. The monoisotopic (exact) mass is 378 g/mol. The number of benzene rings is 1. The van der Waals surface area contributed by atoms with Crippen LogP contribution in [0.5, 0.6) is 11.5 Å². The van der Waals surface area contributed by atoms with Crippen molar-refractivity contribution in [2.75, 3.05) is 32.4 Å². The van der Waals surface area contributed by atoms with E-state index in [2.05, 4.69) is 15.3 Å². The van der Waals surface area contributed by atoms with Crippen molar-refractivity contribution in [3.8, 4) is 11.5 Å². The third-order valence-corrected chi connectivity index (χ3v) is 5.25. The molecule has 2 N–H and O–H groups in total. The van der Waals surface area contributed by atoms with Crippen LogP contribution >= 0.6 is 11.8 Å². The summed E-state index contributed by atoms with van der Waals surface area (Å²) in [6.07, 6.45) is 0. The quantitative estimate of drug-likeness (QED) is 0.772. The lowest BCUT2D eigenvalue weighted by Gasteiger charge is -2.23. The topological polar surface area (TPSA) is 96.6 Å². The molecule has 0 unspecified atom stereocenters. The maximum atomic E-state index is 12.6. The van der Waals surface area contributed by atoms with Gasteiger partial charge in [-0.1, -0.05) is 0 Å². The van der Waals surface area contributed by atoms with E-state index in [0.717, 1.165) is 11.6 Å². The lowest BCUT2D eigenvalue weighted by atomic mass is 10.2. The molecular formula is C17H22N4O4S. The van der Waals surface area contributed by atoms with Gasteiger partial charge < -0.3 is 19.4 Å². The Morgan fingerprint density at radius 3 is 2.69 bits per heavy atom. The number of methoxy groups -OCH3 is 2. The molecule has 1 atom stereocenters. The minimum Gasteiger partial charge on any atom is -0.493 e. The predicted octanol–water partition coefficient (Wildman–Crippen LogP) is 0.951. The van der Waals surface area contributed by atoms with E-state index in [1.54, 1.807) is 28.8 Å². The fourth-order valence-electron chi connectivity index (χ4n) is 2.89. The fraction of sp³-hybridized carbons (Fsp3) is 0.471. The number of nitrogens with zero attached hydrogens (tertiary/aromatic N) is 2. The highest BCUT2D eigenvalue weighted by molar-refractivity contribution is 7.99. The minimum atomic E-state index is -0.274. The Hall–Kier alpha value is -2.26. The van der Waals surface area contributed by atoms with Crippen LogP contribution in [0.4, 0.5) is 0 Å². The number of carbonyl (C=O) groups excluding carboxylic acids is 1. The highest BCUT2D eigenvalue weighted by atomic mass is 32.2. The molecular weight excluding hydrogens is 356 g/mol. The molecule has 3 rings (SSSR count). The van der Waals surface area contributed by atoms with E-state index >= 15 is 0 Å². The van der Waals surface area contributed by atoms with E-state index in [0.29, 0.717) is 34.8 Å². The van der Waals surface area contributed by atoms with Gasteiger partial charge in [0.05, 0.1) is 37.7 Å². The molecule has 1 aromatic carbocycles. The number of aromatic amines is 1. The van der Waals surface area contributed by atoms with Crippen LogP contribution in [0.1, 0.15) is 12.7 Å². The fourth-order valence-corrected chi connectivity index (χ4v) is 3.82. The highest BCUT2D eigenvalue weighted by Crippen LogP contribution is 2.30. The maximum Gasteiger partial charge on any atom is 0.258 e. The zero-order valence-electron chi connectivity index (χ0n) is 15.0. The Labute approximate surface area is 155 Å². The number of H-pyrrole nitrogens is 1. The molecule has 1 aromatic heterocycles. The summed E-state index contributed by atoms with van der Waals surface area (Å²) < 4.78 is 10.5. The number of nitrogens with one attached hydrogen (secondary N) is 2. The van der Waals surface area contributed by atoms with Crippen molar-refractivity contribution in [3.63, 3.8) is 0 Å². The molecule has 1 fully saturated rings. The van der Waals surface area contributed by atoms with Crippen LogP contribution in [0.25, 0.3) is 10.9 Å². The third kappa shape index (κ3) is 3.63. The minimum absolute atomic E-state index is 0.0209. The number of hydrogen-bond donors (Lipinski definition) is 2. The third-order valence-electron chi connectivity index (χ3n) is 4.31. The van der Waals surface area contributed by atoms with Crippen LogP contribution < -0.4 is 20.3 Å². The largest absolute Gasteiger partial charge is 0.493 e. The average molecular weight is 378 g/mol. The zero-order chi connectivity index (χ0) is 18.7. The van der Waals surface area contributed by atoms with Gasteiger partial charge in [0.25, 0.3) is 5.56 Å². The Bertz CT molecular complexity index is 864. The highest BCUT2D eigenvalue weighted by Gasteiger charge is 2.27. The molecule has 1 amide bonds. The van der Waals surface area contributed by atoms with Gasteiger partial charge in [-0.3, -0.25) is 14.9 Å². The molecule has 0 spiro atoms. The van der Waals surface area contributed by atoms with E-state index in [-0.39, 0.29) is 24.1 Å². The Balaban J connectivity index is 1.92. The van der Waals surface area contributed by atoms with E-state index in [4.69, 9.17) is 9.47 Å². The summed E-state index contributed by atoms with van der Waals surface area (Å²) in [6.45, 7) is 2.69. The first-order valence-corrected chi connectivity index (χ1v) is 9.47. The second kappa shape index (κ2) is 7.96. The van der Waals surface area contributed by atoms with Gasteiger partial charge in [-0.2, -0.15) is 0 Å². The van der Waals surface area contributed by atoms with Crippen LogP contribution in [0.3, 0.4) is 0 Å². The number of likely N-dealkylation sites (N-methyl/N-ethyl adjacent to an activating group) is 1. The van der Waals surface area contributed by atoms with Crippen molar-refractivity contribution in [2.24, 2.45) is 0 Å². The van der Waals surface area contributed by atoms with E-state index in [1.807, 2.05) is 6.92 Å². The van der Waals surface area contributed by atoms with Crippen LogP contribution in [0, 0.1) is 0 Å². The second-order valence-corrected chi connectivity index (χ2v) is 6.89. The van der Waals surface area contributed by atoms with E-state index in [9.17, 15) is 9.59 Å². The number of fused-ring (bicyclic) bond motifs is 1. The molecule has 0 saturated carbocycles. The van der Waals surface area contributed by atoms with Gasteiger partial charge in [-0.25, -0.2) is 4.98 Å². The first-order chi connectivity index (χ1) is 12.6. The normalized spacial score (nSPS) is 16.7. The number of carbonyl (C=O) groups is 1. The standard InChI is InChI=1S/C17H22N4O4S/c1-4-21(17(23)12-8-26-9-18-12)7-15-19-11-6-14(25-3)13(24-2)5-10(11)16(22)20-15/h5-6,12,18H,4,7-9H2,1-3H3,(H,19,20,22)/t12-/m1/s1. The first kappa shape index (κ1) is 18.5. The molecule has 140 valence electrons. The number of aromatic nitrogens is 2. The van der Waals surface area contributed by atoms with Crippen molar-refractivity contribution < 1.29 is 14.3 Å². The predicted molar refractivity (Wildman–Crippen MR) is 101 cm³/mol. The first-order valence-electron chi connectivity index (χ1n) is 8.32. The van der Waals surface area contributed by atoms with Crippen molar-refractivity contribution in [1.29, 1.82) is 0 Å². The van der Waals surface area contributed by atoms with E-state index in [1.165, 1.54) is 14.2 Å². The number of amides is 1. The molecule has 0 radical (unpaired) electrons. The number of thioether (sulfide) groups is 1. The van der Waals surface area contributed by atoms with Gasteiger partial charge in [0.15, 0.2) is 11.5 Å². The van der Waals surface area contributed by atoms with Crippen molar-refractivity contribution in [2.45, 2.75) is 19.5 Å². The van der Waals surface area contributed by atoms with Gasteiger partial charge in [0.1, 0.15) is 5.82 Å². The van der Waals surface area contributed by atoms with Crippen LogP contribution in [0.2, 0.25) is 0 Å². The van der Waals surface area contributed by atoms with Gasteiger partial charge in [-0.05, 0) is 13.0 Å². The van der Waals surface area contributed by atoms with Crippen LogP contribution in [-0.2, 0) is 11.3 Å². The van der Waals surface area contributed by atoms with Crippen LogP contribution in [0.15, 0.2) is 16.9 Å². The van der Waals surface area contributed by atoms with Crippen molar-refractivity contribution in [1.82, 2.24) is 20.2 Å². The molecule has 1 aliphatic rings. The summed E-state index contributed by atoms with van der Waals surface area (Å²) >= 11 is 1.70. The summed E-state index contributed by atoms with van der Waals surface area (Å²) in [5.41, 5.74) is 0.225. The smallest absolute Gasteiger partial charge is 0.258 e. The number of ether oxygens (including phenoxy) is 2. The maximum absolute atomic E-state index is 12.6. The van der Waals surface area contributed by atoms with Gasteiger partial charge in [0.2, 0.25) is 5.91 Å². The summed E-state index contributed by atoms with van der Waals surface area (Å²) in [7, 11) is 3.04. The second-order valence-electron chi connectivity index (χ2n) is 5.86. The van der Waals surface area contributed by atoms with E-state index < -0.39 is 0 Å². The number of hydrogen-bond acceptors (Lipinski definition) is 7.